The zero-order chi connectivity index (χ0) is 20.5. The second-order valence-electron chi connectivity index (χ2n) is 7.60. The monoisotopic (exact) mass is 420 g/mol. The van der Waals surface area contributed by atoms with E-state index >= 15 is 0 Å². The number of imidazole rings is 1. The number of methoxy groups -OCH3 is 1. The molecule has 1 aliphatic heterocycles. The molecule has 3 heterocycles. The molecule has 4 aromatic rings. The van der Waals surface area contributed by atoms with Gasteiger partial charge in [-0.15, -0.1) is 0 Å². The van der Waals surface area contributed by atoms with Crippen molar-refractivity contribution in [2.75, 3.05) is 33.3 Å². The molecular formula is C23H24N4O2S. The Balaban J connectivity index is 1.34. The number of carbonyl (C=O) groups excluding carboxylic acids is 1. The van der Waals surface area contributed by atoms with Crippen molar-refractivity contribution in [3.05, 3.63) is 54.2 Å². The number of rotatable bonds is 6. The minimum atomic E-state index is -0.0129. The number of hydrogen-bond acceptors (Lipinski definition) is 5. The third-order valence-corrected chi connectivity index (χ3v) is 6.67. The topological polar surface area (TPSA) is 58.9 Å². The van der Waals surface area contributed by atoms with Gasteiger partial charge in [-0.3, -0.25) is 9.20 Å². The van der Waals surface area contributed by atoms with Gasteiger partial charge in [0.05, 0.1) is 23.0 Å². The molecule has 0 saturated carbocycles. The minimum absolute atomic E-state index is 0.0129. The van der Waals surface area contributed by atoms with Gasteiger partial charge < -0.3 is 15.0 Å². The van der Waals surface area contributed by atoms with Crippen LogP contribution in [0.5, 0.6) is 5.75 Å². The Bertz CT molecular complexity index is 1190. The van der Waals surface area contributed by atoms with Gasteiger partial charge >= 0.3 is 0 Å². The summed E-state index contributed by atoms with van der Waals surface area (Å²) < 4.78 is 8.38. The van der Waals surface area contributed by atoms with Crippen molar-refractivity contribution in [3.8, 4) is 17.0 Å². The first kappa shape index (κ1) is 19.1. The molecule has 0 unspecified atom stereocenters. The number of carbonyl (C=O) groups is 1. The zero-order valence-electron chi connectivity index (χ0n) is 16.9. The summed E-state index contributed by atoms with van der Waals surface area (Å²) in [6, 6.07) is 13.8. The van der Waals surface area contributed by atoms with Gasteiger partial charge in [0, 0.05) is 30.4 Å². The highest BCUT2D eigenvalue weighted by Crippen LogP contribution is 2.30. The summed E-state index contributed by atoms with van der Waals surface area (Å²) in [5, 5.41) is 3.05. The summed E-state index contributed by atoms with van der Waals surface area (Å²) in [4.78, 5) is 20.6. The highest BCUT2D eigenvalue weighted by molar-refractivity contribution is 7.23. The van der Waals surface area contributed by atoms with Gasteiger partial charge in [-0.1, -0.05) is 11.3 Å². The maximum Gasteiger partial charge on any atom is 0.251 e. The molecule has 0 aliphatic carbocycles. The van der Waals surface area contributed by atoms with Crippen LogP contribution in [0, 0.1) is 0 Å². The quantitative estimate of drug-likeness (QED) is 0.511. The van der Waals surface area contributed by atoms with E-state index in [0.717, 1.165) is 51.8 Å². The number of amides is 1. The average Bonchev–Trinajstić information content (AvgIpc) is 3.49. The van der Waals surface area contributed by atoms with E-state index in [4.69, 9.17) is 9.72 Å². The van der Waals surface area contributed by atoms with Crippen molar-refractivity contribution in [3.63, 3.8) is 0 Å². The number of thiazole rings is 1. The van der Waals surface area contributed by atoms with Gasteiger partial charge in [-0.25, -0.2) is 4.98 Å². The van der Waals surface area contributed by atoms with Gasteiger partial charge in [0.15, 0.2) is 4.96 Å². The Kier molecular flexibility index (Phi) is 5.14. The van der Waals surface area contributed by atoms with Crippen molar-refractivity contribution in [2.45, 2.75) is 12.8 Å². The summed E-state index contributed by atoms with van der Waals surface area (Å²) in [6.45, 7) is 3.91. The number of ether oxygens (including phenoxy) is 1. The van der Waals surface area contributed by atoms with E-state index in [1.165, 1.54) is 12.8 Å². The first-order valence-electron chi connectivity index (χ1n) is 10.3. The fourth-order valence-electron chi connectivity index (χ4n) is 3.98. The average molecular weight is 421 g/mol. The van der Waals surface area contributed by atoms with Crippen LogP contribution in [0.3, 0.4) is 0 Å². The first-order chi connectivity index (χ1) is 14.7. The molecule has 5 rings (SSSR count). The lowest BCUT2D eigenvalue weighted by molar-refractivity contribution is 0.0950. The molecule has 0 atom stereocenters. The first-order valence-corrected chi connectivity index (χ1v) is 11.1. The fraction of sp³-hybridized carbons (Fsp3) is 0.304. The van der Waals surface area contributed by atoms with Crippen LogP contribution >= 0.6 is 11.3 Å². The number of hydrogen-bond donors (Lipinski definition) is 1. The summed E-state index contributed by atoms with van der Waals surface area (Å²) in [6.07, 6.45) is 4.59. The van der Waals surface area contributed by atoms with E-state index < -0.39 is 0 Å². The molecule has 0 spiro atoms. The minimum Gasteiger partial charge on any atom is -0.497 e. The van der Waals surface area contributed by atoms with Crippen molar-refractivity contribution in [1.82, 2.24) is 19.6 Å². The highest BCUT2D eigenvalue weighted by atomic mass is 32.1. The molecule has 154 valence electrons. The lowest BCUT2D eigenvalue weighted by Gasteiger charge is -2.14. The second-order valence-corrected chi connectivity index (χ2v) is 8.61. The Morgan fingerprint density at radius 2 is 1.97 bits per heavy atom. The number of nitrogens with one attached hydrogen (secondary N) is 1. The van der Waals surface area contributed by atoms with Gasteiger partial charge in [-0.2, -0.15) is 0 Å². The summed E-state index contributed by atoms with van der Waals surface area (Å²) in [5.41, 5.74) is 3.74. The molecule has 6 nitrogen and oxygen atoms in total. The molecule has 2 aromatic carbocycles. The Hall–Kier alpha value is -2.90. The molecule has 7 heteroatoms. The summed E-state index contributed by atoms with van der Waals surface area (Å²) in [5.74, 6) is 0.817. The molecule has 1 amide bonds. The molecule has 1 N–H and O–H groups in total. The van der Waals surface area contributed by atoms with Crippen LogP contribution in [0.1, 0.15) is 23.2 Å². The predicted octanol–water partition coefficient (Wildman–Crippen LogP) is 4.05. The number of nitrogens with zero attached hydrogens (tertiary/aromatic N) is 3. The fourth-order valence-corrected chi connectivity index (χ4v) is 5.03. The molecule has 2 aromatic heterocycles. The van der Waals surface area contributed by atoms with Crippen molar-refractivity contribution in [1.29, 1.82) is 0 Å². The number of fused-ring (bicyclic) bond motifs is 3. The smallest absolute Gasteiger partial charge is 0.251 e. The molecular weight excluding hydrogens is 396 g/mol. The lowest BCUT2D eigenvalue weighted by Crippen LogP contribution is -2.33. The van der Waals surface area contributed by atoms with Crippen LogP contribution in [0.2, 0.25) is 0 Å². The van der Waals surface area contributed by atoms with Crippen LogP contribution < -0.4 is 10.1 Å². The van der Waals surface area contributed by atoms with Gasteiger partial charge in [0.1, 0.15) is 5.75 Å². The van der Waals surface area contributed by atoms with Crippen LogP contribution in [-0.2, 0) is 0 Å². The van der Waals surface area contributed by atoms with E-state index in [-0.39, 0.29) is 5.91 Å². The van der Waals surface area contributed by atoms with Crippen LogP contribution in [-0.4, -0.2) is 53.5 Å². The van der Waals surface area contributed by atoms with E-state index in [0.29, 0.717) is 12.1 Å². The molecule has 30 heavy (non-hydrogen) atoms. The Morgan fingerprint density at radius 3 is 2.73 bits per heavy atom. The molecule has 1 saturated heterocycles. The predicted molar refractivity (Wildman–Crippen MR) is 121 cm³/mol. The van der Waals surface area contributed by atoms with E-state index in [2.05, 4.69) is 14.6 Å². The summed E-state index contributed by atoms with van der Waals surface area (Å²) in [7, 11) is 1.66. The van der Waals surface area contributed by atoms with Gasteiger partial charge in [0.25, 0.3) is 5.91 Å². The van der Waals surface area contributed by atoms with E-state index in [9.17, 15) is 4.79 Å². The van der Waals surface area contributed by atoms with Gasteiger partial charge in [-0.05, 0) is 68.4 Å². The maximum absolute atomic E-state index is 12.5. The number of benzene rings is 2. The highest BCUT2D eigenvalue weighted by Gasteiger charge is 2.14. The molecule has 1 aliphatic rings. The normalized spacial score (nSPS) is 14.6. The second kappa shape index (κ2) is 8.08. The van der Waals surface area contributed by atoms with E-state index in [1.54, 1.807) is 18.4 Å². The third-order valence-electron chi connectivity index (χ3n) is 5.65. The number of aromatic nitrogens is 2. The lowest BCUT2D eigenvalue weighted by atomic mass is 10.1. The van der Waals surface area contributed by atoms with Crippen molar-refractivity contribution < 1.29 is 9.53 Å². The standard InChI is InChI=1S/C23H24N4O2S/c1-29-18-7-4-16(5-8-18)19-15-27-20-9-6-17(14-21(20)30-23(27)25-19)22(28)24-10-13-26-11-2-3-12-26/h4-9,14-15H,2-3,10-13H2,1H3,(H,24,28). The van der Waals surface area contributed by atoms with Crippen LogP contribution in [0.4, 0.5) is 0 Å². The van der Waals surface area contributed by atoms with Crippen molar-refractivity contribution >= 4 is 32.4 Å². The Morgan fingerprint density at radius 1 is 1.17 bits per heavy atom. The summed E-state index contributed by atoms with van der Waals surface area (Å²) >= 11 is 1.60. The van der Waals surface area contributed by atoms with Crippen LogP contribution in [0.25, 0.3) is 26.4 Å². The van der Waals surface area contributed by atoms with Crippen molar-refractivity contribution in [2.24, 2.45) is 0 Å². The van der Waals surface area contributed by atoms with E-state index in [1.807, 2.05) is 48.7 Å². The third kappa shape index (κ3) is 3.66. The molecule has 0 radical (unpaired) electrons. The van der Waals surface area contributed by atoms with Crippen LogP contribution in [0.15, 0.2) is 48.7 Å². The van der Waals surface area contributed by atoms with Gasteiger partial charge in [0.2, 0.25) is 0 Å². The molecule has 0 bridgehead atoms. The SMILES string of the molecule is COc1ccc(-c2cn3c(n2)sc2cc(C(=O)NCCN4CCCC4)ccc23)cc1. The maximum atomic E-state index is 12.5. The molecule has 1 fully saturated rings. The zero-order valence-corrected chi connectivity index (χ0v) is 17.7. The Labute approximate surface area is 179 Å². The number of likely N-dealkylation sites (tertiary alicyclic amines) is 1. The largest absolute Gasteiger partial charge is 0.497 e.